The molecule has 5 aliphatic rings. The first-order valence-corrected chi connectivity index (χ1v) is 23.8. The molecule has 9 rings (SSSR count). The molecule has 0 radical (unpaired) electrons. The van der Waals surface area contributed by atoms with Crippen molar-refractivity contribution in [3.05, 3.63) is 53.9 Å². The zero-order valence-corrected chi connectivity index (χ0v) is 40.6. The molecule has 0 spiro atoms. The average molecular weight is 967 g/mol. The van der Waals surface area contributed by atoms with Crippen LogP contribution < -0.4 is 15.6 Å². The number of rotatable bonds is 17. The second kappa shape index (κ2) is 19.5. The number of amides is 2. The number of carbonyl (C=O) groups excluding carboxylic acids is 2. The van der Waals surface area contributed by atoms with Gasteiger partial charge in [-0.15, -0.1) is 0 Å². The van der Waals surface area contributed by atoms with Crippen LogP contribution in [0.2, 0.25) is 0 Å². The molecule has 2 bridgehead atoms. The Hall–Kier alpha value is -5.28. The fraction of sp³-hybridized carbons (Fsp3) is 0.612. The number of alkyl halides is 3. The van der Waals surface area contributed by atoms with Crippen LogP contribution in [0, 0.1) is 11.3 Å². The second-order valence-electron chi connectivity index (χ2n) is 20.6. The molecule has 6 heterocycles. The summed E-state index contributed by atoms with van der Waals surface area (Å²) in [6.07, 6.45) is -0.895. The lowest BCUT2D eigenvalue weighted by atomic mass is 9.73. The Balaban J connectivity index is 1.23. The maximum Gasteiger partial charge on any atom is 0.408 e. The molecule has 3 saturated heterocycles. The van der Waals surface area contributed by atoms with E-state index in [1.807, 2.05) is 26.8 Å². The summed E-state index contributed by atoms with van der Waals surface area (Å²) >= 11 is 0. The van der Waals surface area contributed by atoms with E-state index in [9.17, 15) is 37.8 Å². The van der Waals surface area contributed by atoms with Crippen LogP contribution in [0.1, 0.15) is 104 Å². The minimum absolute atomic E-state index is 0.0424. The topological polar surface area (TPSA) is 197 Å². The van der Waals surface area contributed by atoms with Gasteiger partial charge < -0.3 is 43.6 Å². The van der Waals surface area contributed by atoms with Crippen LogP contribution in [0.25, 0.3) is 33.4 Å². The molecule has 4 aromatic rings. The lowest BCUT2D eigenvalue weighted by molar-refractivity contribution is -0.168. The number of benzene rings is 1. The van der Waals surface area contributed by atoms with E-state index in [-0.39, 0.29) is 43.2 Å². The predicted molar refractivity (Wildman–Crippen MR) is 249 cm³/mol. The Kier molecular flexibility index (Phi) is 14.2. The molecule has 5 fully saturated rings. The Labute approximate surface area is 399 Å². The summed E-state index contributed by atoms with van der Waals surface area (Å²) in [5.74, 6) is -2.06. The number of halogens is 3. The third kappa shape index (κ3) is 10.9. The molecule has 376 valence electrons. The fourth-order valence-corrected chi connectivity index (χ4v) is 9.86. The van der Waals surface area contributed by atoms with Crippen LogP contribution in [0.4, 0.5) is 23.7 Å². The highest BCUT2D eigenvalue weighted by Gasteiger charge is 2.52. The maximum atomic E-state index is 14.9. The molecule has 2 saturated carbocycles. The van der Waals surface area contributed by atoms with Gasteiger partial charge in [0.05, 0.1) is 29.4 Å². The van der Waals surface area contributed by atoms with Crippen LogP contribution in [0.3, 0.4) is 0 Å². The molecule has 4 atom stereocenters. The summed E-state index contributed by atoms with van der Waals surface area (Å²) in [6, 6.07) is 4.69. The van der Waals surface area contributed by atoms with Gasteiger partial charge in [-0.25, -0.2) is 15.2 Å². The Morgan fingerprint density at radius 2 is 1.74 bits per heavy atom. The smallest absolute Gasteiger partial charge is 0.408 e. The normalized spacial score (nSPS) is 21.5. The molecule has 1 aromatic carbocycles. The third-order valence-electron chi connectivity index (χ3n) is 13.6. The number of anilines is 1. The molecule has 0 unspecified atom stereocenters. The van der Waals surface area contributed by atoms with Crippen LogP contribution in [0.5, 0.6) is 0 Å². The standard InChI is InChI=1S/C49H65F3N8O9/c1-9-67-42(40(55-46(65)69-47(3,4)5)44(62)60-31-18-29(19-31)39(56-60)45(63)64)43-54-36(24-68-43)28-10-13-37-33(20-28)35(22-48(6,7)26-61)41(59(37)25-49(50,51)52)34-21-32(23-53-38(34)27(2)66-8)58-16-14-57(15-17-58)30-11-12-30/h10,13,20-21,23-24,27,29-31,39-40,42,56,61H,9,11-12,14-19,22,25-26H2,1-8H3,(H,55,65)(H,63,64)/t27-,29?,31?,39-,40-,42-/m0/s1. The van der Waals surface area contributed by atoms with Crippen molar-refractivity contribution in [1.29, 1.82) is 0 Å². The first-order chi connectivity index (χ1) is 32.6. The van der Waals surface area contributed by atoms with Crippen molar-refractivity contribution in [3.8, 4) is 22.5 Å². The SMILES string of the molecule is CCO[C@H](c1nc(-c2ccc3c(c2)c(CC(C)(C)CO)c(-c2cc(N4CCN(C5CC5)CC4)cnc2[C@H](C)OC)n3CC(F)(F)F)co1)[C@H](NC(=O)OC(C)(C)C)C(=O)N1N[C@H](C(=O)O)C2CC1C2. The van der Waals surface area contributed by atoms with Gasteiger partial charge in [0.2, 0.25) is 5.89 Å². The number of aliphatic hydroxyl groups is 1. The van der Waals surface area contributed by atoms with Gasteiger partial charge in [-0.2, -0.15) is 13.2 Å². The quantitative estimate of drug-likeness (QED) is 0.0842. The number of aromatic nitrogens is 3. The summed E-state index contributed by atoms with van der Waals surface area (Å²) in [5, 5.41) is 24.9. The molecule has 3 aliphatic heterocycles. The van der Waals surface area contributed by atoms with Gasteiger partial charge in [0, 0.05) is 80.6 Å². The number of carbonyl (C=O) groups is 3. The second-order valence-corrected chi connectivity index (χ2v) is 20.6. The first kappa shape index (κ1) is 50.1. The largest absolute Gasteiger partial charge is 0.480 e. The van der Waals surface area contributed by atoms with Gasteiger partial charge >= 0.3 is 18.2 Å². The van der Waals surface area contributed by atoms with E-state index in [1.165, 1.54) is 35.8 Å². The number of aliphatic carboxylic acids is 1. The summed E-state index contributed by atoms with van der Waals surface area (Å²) in [6.45, 7) is 13.9. The van der Waals surface area contributed by atoms with Crippen LogP contribution in [0.15, 0.2) is 41.1 Å². The van der Waals surface area contributed by atoms with E-state index >= 15 is 0 Å². The molecule has 69 heavy (non-hydrogen) atoms. The van der Waals surface area contributed by atoms with Gasteiger partial charge in [0.1, 0.15) is 36.2 Å². The van der Waals surface area contributed by atoms with Crippen LogP contribution in [-0.2, 0) is 36.8 Å². The van der Waals surface area contributed by atoms with E-state index in [2.05, 4.69) is 20.5 Å². The molecular formula is C49H65F3N8O9. The van der Waals surface area contributed by atoms with Crippen molar-refractivity contribution in [2.75, 3.05) is 51.4 Å². The highest BCUT2D eigenvalue weighted by Crippen LogP contribution is 2.45. The predicted octanol–water partition coefficient (Wildman–Crippen LogP) is 7.02. The lowest BCUT2D eigenvalue weighted by Crippen LogP contribution is -2.71. The number of carboxylic acids is 1. The summed E-state index contributed by atoms with van der Waals surface area (Å²) in [5.41, 5.74) is 4.74. The van der Waals surface area contributed by atoms with Crippen molar-refractivity contribution < 1.29 is 56.4 Å². The number of alkyl carbamates (subject to hydrolysis) is 1. The highest BCUT2D eigenvalue weighted by atomic mass is 19.4. The maximum absolute atomic E-state index is 14.9. The average Bonchev–Trinajstić information content (AvgIpc) is 3.96. The Morgan fingerprint density at radius 1 is 1.03 bits per heavy atom. The first-order valence-electron chi connectivity index (χ1n) is 23.8. The number of carboxylic acid groups (broad SMARTS) is 1. The zero-order chi connectivity index (χ0) is 49.7. The molecule has 17 nitrogen and oxygen atoms in total. The molecule has 2 amide bonds. The fourth-order valence-electron chi connectivity index (χ4n) is 9.86. The number of hydrogen-bond acceptors (Lipinski definition) is 13. The van der Waals surface area contributed by atoms with Crippen molar-refractivity contribution in [3.63, 3.8) is 0 Å². The minimum atomic E-state index is -4.63. The Bertz CT molecular complexity index is 2520. The minimum Gasteiger partial charge on any atom is -0.480 e. The number of methoxy groups -OCH3 is 1. The van der Waals surface area contributed by atoms with Crippen molar-refractivity contribution in [2.24, 2.45) is 11.3 Å². The number of ether oxygens (including phenoxy) is 3. The molecule has 20 heteroatoms. The summed E-state index contributed by atoms with van der Waals surface area (Å²) < 4.78 is 69.5. The highest BCUT2D eigenvalue weighted by molar-refractivity contribution is 5.95. The number of hydrogen-bond donors (Lipinski definition) is 4. The molecular weight excluding hydrogens is 902 g/mol. The number of piperazine rings is 1. The van der Waals surface area contributed by atoms with Crippen molar-refractivity contribution >= 4 is 34.6 Å². The van der Waals surface area contributed by atoms with E-state index in [0.717, 1.165) is 31.9 Å². The number of pyridine rings is 1. The van der Waals surface area contributed by atoms with Gasteiger partial charge in [-0.3, -0.25) is 24.5 Å². The number of oxazole rings is 1. The van der Waals surface area contributed by atoms with E-state index < -0.39 is 66.0 Å². The number of nitrogens with one attached hydrogen (secondary N) is 2. The number of fused-ring (bicyclic) bond motifs is 3. The molecule has 2 aliphatic carbocycles. The zero-order valence-electron chi connectivity index (χ0n) is 40.6. The molecule has 4 N–H and O–H groups in total. The van der Waals surface area contributed by atoms with Gasteiger partial charge in [0.15, 0.2) is 6.10 Å². The van der Waals surface area contributed by atoms with E-state index in [4.69, 9.17) is 28.6 Å². The van der Waals surface area contributed by atoms with Gasteiger partial charge in [-0.05, 0) is 102 Å². The third-order valence-corrected chi connectivity index (χ3v) is 13.6. The van der Waals surface area contributed by atoms with Gasteiger partial charge in [0.25, 0.3) is 5.91 Å². The molecule has 3 aromatic heterocycles. The van der Waals surface area contributed by atoms with E-state index in [0.29, 0.717) is 57.9 Å². The van der Waals surface area contributed by atoms with Crippen LogP contribution >= 0.6 is 0 Å². The van der Waals surface area contributed by atoms with Crippen LogP contribution in [-0.4, -0.2) is 135 Å². The lowest BCUT2D eigenvalue weighted by Gasteiger charge is -2.52. The number of hydrazine groups is 1. The summed E-state index contributed by atoms with van der Waals surface area (Å²) in [4.78, 5) is 54.4. The van der Waals surface area contributed by atoms with Crippen molar-refractivity contribution in [1.82, 2.24) is 35.2 Å². The Morgan fingerprint density at radius 3 is 2.35 bits per heavy atom. The van der Waals surface area contributed by atoms with E-state index in [1.54, 1.807) is 52.1 Å². The monoisotopic (exact) mass is 966 g/mol. The van der Waals surface area contributed by atoms with Gasteiger partial charge in [-0.1, -0.05) is 19.9 Å². The van der Waals surface area contributed by atoms with Crippen molar-refractivity contribution in [2.45, 2.75) is 135 Å². The number of nitrogens with zero attached hydrogens (tertiary/aromatic N) is 6. The number of aliphatic hydroxyl groups excluding tert-OH is 1. The summed E-state index contributed by atoms with van der Waals surface area (Å²) in [7, 11) is 1.53.